The minimum Gasteiger partial charge on any atom is -0.362 e. The molecule has 6 rings (SSSR count). The third-order valence-electron chi connectivity index (χ3n) is 7.84. The van der Waals surface area contributed by atoms with Crippen molar-refractivity contribution < 1.29 is 0 Å². The normalized spacial score (nSPS) is 31.6. The second kappa shape index (κ2) is 8.20. The molecular weight excluding hydrogens is 360 g/mol. The first-order valence-corrected chi connectivity index (χ1v) is 12.3. The van der Waals surface area contributed by atoms with E-state index in [0.717, 1.165) is 11.8 Å². The van der Waals surface area contributed by atoms with E-state index < -0.39 is 0 Å². The van der Waals surface area contributed by atoms with Gasteiger partial charge in [-0.3, -0.25) is 4.90 Å². The minimum atomic E-state index is 0.647. The number of nitrogens with zero attached hydrogens (tertiary/aromatic N) is 2. The molecule has 1 aromatic carbocycles. The summed E-state index contributed by atoms with van der Waals surface area (Å²) in [6.45, 7) is 2.61. The van der Waals surface area contributed by atoms with Crippen LogP contribution in [0.5, 0.6) is 0 Å². The summed E-state index contributed by atoms with van der Waals surface area (Å²) in [5.41, 5.74) is 1.59. The smallest absolute Gasteiger partial charge is 0.0908 e. The predicted molar refractivity (Wildman–Crippen MR) is 120 cm³/mol. The zero-order valence-electron chi connectivity index (χ0n) is 17.2. The summed E-state index contributed by atoms with van der Waals surface area (Å²) in [5.74, 6) is 2.37. The number of fused-ring (bicyclic) bond motifs is 3. The molecule has 28 heavy (non-hydrogen) atoms. The van der Waals surface area contributed by atoms with Crippen LogP contribution >= 0.6 is 11.3 Å². The molecule has 4 aliphatic rings. The Morgan fingerprint density at radius 3 is 2.36 bits per heavy atom. The van der Waals surface area contributed by atoms with Crippen molar-refractivity contribution in [2.24, 2.45) is 11.8 Å². The molecule has 3 saturated heterocycles. The molecule has 0 radical (unpaired) electrons. The first-order chi connectivity index (χ1) is 13.8. The molecule has 2 nitrogen and oxygen atoms in total. The van der Waals surface area contributed by atoms with Gasteiger partial charge in [0.15, 0.2) is 0 Å². The van der Waals surface area contributed by atoms with E-state index in [1.165, 1.54) is 63.0 Å². The second-order valence-corrected chi connectivity index (χ2v) is 10.2. The molecular formula is C25H34N2S. The van der Waals surface area contributed by atoms with Crippen LogP contribution in [0.3, 0.4) is 0 Å². The summed E-state index contributed by atoms with van der Waals surface area (Å²) in [7, 11) is 2.37. The van der Waals surface area contributed by atoms with Gasteiger partial charge in [-0.1, -0.05) is 49.6 Å². The monoisotopic (exact) mass is 394 g/mol. The van der Waals surface area contributed by atoms with Crippen molar-refractivity contribution in [3.05, 3.63) is 53.4 Å². The number of benzene rings is 1. The van der Waals surface area contributed by atoms with Crippen molar-refractivity contribution in [3.63, 3.8) is 0 Å². The fourth-order valence-corrected chi connectivity index (χ4v) is 7.31. The summed E-state index contributed by atoms with van der Waals surface area (Å²) < 4.78 is 0. The fraction of sp³-hybridized carbons (Fsp3) is 0.600. The lowest BCUT2D eigenvalue weighted by atomic mass is 9.65. The molecule has 3 atom stereocenters. The zero-order chi connectivity index (χ0) is 18.9. The van der Waals surface area contributed by atoms with Crippen LogP contribution in [0.1, 0.15) is 56.4 Å². The van der Waals surface area contributed by atoms with Crippen molar-refractivity contribution >= 4 is 16.3 Å². The van der Waals surface area contributed by atoms with Crippen LogP contribution in [0.4, 0.5) is 5.00 Å². The van der Waals surface area contributed by atoms with Crippen molar-refractivity contribution in [2.75, 3.05) is 25.0 Å². The van der Waals surface area contributed by atoms with E-state index >= 15 is 0 Å². The maximum absolute atomic E-state index is 2.88. The van der Waals surface area contributed by atoms with Crippen molar-refractivity contribution in [3.8, 4) is 0 Å². The van der Waals surface area contributed by atoms with Gasteiger partial charge in [-0.2, -0.15) is 0 Å². The molecule has 2 aromatic rings. The molecule has 0 unspecified atom stereocenters. The number of anilines is 1. The third kappa shape index (κ3) is 3.41. The van der Waals surface area contributed by atoms with E-state index in [0.29, 0.717) is 18.0 Å². The van der Waals surface area contributed by atoms with Gasteiger partial charge in [0.1, 0.15) is 0 Å². The lowest BCUT2D eigenvalue weighted by Crippen LogP contribution is -2.65. The number of piperidine rings is 3. The Morgan fingerprint density at radius 2 is 1.68 bits per heavy atom. The van der Waals surface area contributed by atoms with E-state index in [4.69, 9.17) is 0 Å². The summed E-state index contributed by atoms with van der Waals surface area (Å²) in [6, 6.07) is 17.4. The molecule has 4 heterocycles. The van der Waals surface area contributed by atoms with Crippen molar-refractivity contribution in [1.29, 1.82) is 0 Å². The molecule has 1 saturated carbocycles. The summed E-state index contributed by atoms with van der Waals surface area (Å²) in [6.07, 6.45) is 9.89. The largest absolute Gasteiger partial charge is 0.362 e. The molecule has 3 heteroatoms. The number of likely N-dealkylation sites (N-methyl/N-ethyl adjacent to an activating group) is 1. The van der Waals surface area contributed by atoms with Gasteiger partial charge in [0.25, 0.3) is 0 Å². The highest BCUT2D eigenvalue weighted by atomic mass is 32.1. The summed E-state index contributed by atoms with van der Waals surface area (Å²) in [4.78, 5) is 5.53. The van der Waals surface area contributed by atoms with Crippen LogP contribution in [0.25, 0.3) is 0 Å². The average Bonchev–Trinajstić information content (AvgIpc) is 3.31. The minimum absolute atomic E-state index is 0.647. The maximum Gasteiger partial charge on any atom is 0.0908 e. The van der Waals surface area contributed by atoms with Crippen LogP contribution in [0, 0.1) is 11.8 Å². The second-order valence-electron chi connectivity index (χ2n) is 9.25. The Kier molecular flexibility index (Phi) is 5.47. The van der Waals surface area contributed by atoms with Gasteiger partial charge in [-0.15, -0.1) is 11.3 Å². The molecule has 1 aromatic heterocycles. The number of hydrogen-bond donors (Lipinski definition) is 0. The van der Waals surface area contributed by atoms with Gasteiger partial charge in [-0.25, -0.2) is 0 Å². The first-order valence-electron chi connectivity index (χ1n) is 11.4. The molecule has 2 bridgehead atoms. The van der Waals surface area contributed by atoms with Gasteiger partial charge in [0.05, 0.1) is 5.00 Å². The Bertz CT molecular complexity index is 729. The van der Waals surface area contributed by atoms with Gasteiger partial charge >= 0.3 is 0 Å². The van der Waals surface area contributed by atoms with Gasteiger partial charge in [0, 0.05) is 25.0 Å². The highest BCUT2D eigenvalue weighted by Crippen LogP contribution is 2.48. The van der Waals surface area contributed by atoms with Crippen molar-refractivity contribution in [1.82, 2.24) is 4.90 Å². The van der Waals surface area contributed by atoms with E-state index in [1.807, 2.05) is 11.3 Å². The fourth-order valence-electron chi connectivity index (χ4n) is 6.57. The molecule has 1 aliphatic carbocycles. The summed E-state index contributed by atoms with van der Waals surface area (Å²) >= 11 is 1.90. The zero-order valence-corrected chi connectivity index (χ0v) is 18.0. The van der Waals surface area contributed by atoms with Crippen LogP contribution < -0.4 is 4.90 Å². The predicted octanol–water partition coefficient (Wildman–Crippen LogP) is 6.01. The van der Waals surface area contributed by atoms with E-state index in [-0.39, 0.29) is 0 Å². The molecule has 3 aliphatic heterocycles. The van der Waals surface area contributed by atoms with Crippen LogP contribution in [-0.4, -0.2) is 37.1 Å². The standard InChI is InChI=1S/C25H34N2S/c1-26(22-13-8-18-28-22)24-21-14-16-27(17-15-21)25(24)23(19-9-4-2-5-10-19)20-11-6-3-7-12-20/h2,4-5,8-10,13,18,20-21,23-25H,3,6-7,11-12,14-17H2,1H3/t23-,24+,25+/m0/s1. The Labute approximate surface area is 174 Å². The lowest BCUT2D eigenvalue weighted by Gasteiger charge is -2.57. The third-order valence-corrected chi connectivity index (χ3v) is 8.80. The molecule has 0 amide bonds. The maximum atomic E-state index is 2.88. The number of rotatable bonds is 5. The quantitative estimate of drug-likeness (QED) is 0.612. The molecule has 0 N–H and O–H groups in total. The van der Waals surface area contributed by atoms with Gasteiger partial charge in [0.2, 0.25) is 0 Å². The molecule has 4 fully saturated rings. The highest BCUT2D eigenvalue weighted by Gasteiger charge is 2.49. The topological polar surface area (TPSA) is 6.48 Å². The summed E-state index contributed by atoms with van der Waals surface area (Å²) in [5, 5.41) is 3.68. The van der Waals surface area contributed by atoms with Crippen LogP contribution in [0.15, 0.2) is 47.8 Å². The van der Waals surface area contributed by atoms with Crippen LogP contribution in [-0.2, 0) is 0 Å². The first kappa shape index (κ1) is 18.7. The van der Waals surface area contributed by atoms with Gasteiger partial charge < -0.3 is 4.90 Å². The highest BCUT2D eigenvalue weighted by molar-refractivity contribution is 7.14. The van der Waals surface area contributed by atoms with E-state index in [9.17, 15) is 0 Å². The van der Waals surface area contributed by atoms with Crippen LogP contribution in [0.2, 0.25) is 0 Å². The number of hydrogen-bond acceptors (Lipinski definition) is 3. The van der Waals surface area contributed by atoms with E-state index in [1.54, 1.807) is 5.56 Å². The average molecular weight is 395 g/mol. The Hall–Kier alpha value is -1.32. The SMILES string of the molecule is CN(c1cccs1)[C@@H]1C2CCN(CC2)[C@@H]1[C@@H](c1ccccc1)C1CCCCC1. The van der Waals surface area contributed by atoms with E-state index in [2.05, 4.69) is 64.7 Å². The Balaban J connectivity index is 1.54. The lowest BCUT2D eigenvalue weighted by molar-refractivity contribution is -0.00161. The number of thiophene rings is 1. The molecule has 0 spiro atoms. The molecule has 150 valence electrons. The van der Waals surface area contributed by atoms with Gasteiger partial charge in [-0.05, 0) is 73.7 Å². The Morgan fingerprint density at radius 1 is 0.929 bits per heavy atom. The van der Waals surface area contributed by atoms with Crippen molar-refractivity contribution in [2.45, 2.75) is 62.9 Å².